The molecular weight excluding hydrogens is 354 g/mol. The summed E-state index contributed by atoms with van der Waals surface area (Å²) in [5, 5.41) is 20.1. The van der Waals surface area contributed by atoms with E-state index in [1.165, 1.54) is 30.2 Å². The van der Waals surface area contributed by atoms with Crippen molar-refractivity contribution in [2.75, 3.05) is 6.61 Å². The zero-order valence-electron chi connectivity index (χ0n) is 13.7. The fourth-order valence-electron chi connectivity index (χ4n) is 2.69. The van der Waals surface area contributed by atoms with Gasteiger partial charge in [0.15, 0.2) is 5.16 Å². The van der Waals surface area contributed by atoms with Gasteiger partial charge < -0.3 is 4.74 Å². The van der Waals surface area contributed by atoms with Gasteiger partial charge in [0.1, 0.15) is 12.1 Å². The Morgan fingerprint density at radius 3 is 2.81 bits per heavy atom. The van der Waals surface area contributed by atoms with Crippen molar-refractivity contribution in [3.05, 3.63) is 52.8 Å². The van der Waals surface area contributed by atoms with Crippen LogP contribution in [0.2, 0.25) is 0 Å². The average molecular weight is 367 g/mol. The molecule has 9 heteroatoms. The van der Waals surface area contributed by atoms with Gasteiger partial charge in [0, 0.05) is 27.8 Å². The van der Waals surface area contributed by atoms with Crippen LogP contribution in [0.5, 0.6) is 5.75 Å². The number of non-ortho nitro benzene ring substituents is 1. The van der Waals surface area contributed by atoms with E-state index in [1.807, 2.05) is 25.1 Å². The number of rotatable bonds is 5. The molecule has 2 heterocycles. The van der Waals surface area contributed by atoms with Crippen molar-refractivity contribution in [3.63, 3.8) is 0 Å². The molecule has 8 nitrogen and oxygen atoms in total. The third-order valence-electron chi connectivity index (χ3n) is 3.79. The van der Waals surface area contributed by atoms with Gasteiger partial charge in [-0.05, 0) is 43.0 Å². The van der Waals surface area contributed by atoms with Crippen molar-refractivity contribution < 1.29 is 9.66 Å². The molecule has 4 aromatic rings. The summed E-state index contributed by atoms with van der Waals surface area (Å²) < 4.78 is 5.60. The number of nitro benzene ring substituents is 1. The molecule has 1 N–H and O–H groups in total. The third kappa shape index (κ3) is 2.93. The van der Waals surface area contributed by atoms with E-state index >= 15 is 0 Å². The Morgan fingerprint density at radius 2 is 2.08 bits per heavy atom. The molecule has 4 rings (SSSR count). The predicted molar refractivity (Wildman–Crippen MR) is 97.6 cm³/mol. The molecule has 2 aromatic heterocycles. The van der Waals surface area contributed by atoms with Crippen LogP contribution in [0.25, 0.3) is 21.8 Å². The summed E-state index contributed by atoms with van der Waals surface area (Å²) in [5.74, 6) is 0.738. The standard InChI is InChI=1S/C17H13N5O3S/c1-2-25-11-4-6-14-13(8-11)16(26-17-18-9-19-21-17)12-5-3-10(22(23)24)7-15(12)20-14/h3-9H,2H2,1H3,(H,18,19,21). The molecule has 0 spiro atoms. The number of nitrogens with zero attached hydrogens (tertiary/aromatic N) is 4. The van der Waals surface area contributed by atoms with E-state index in [1.54, 1.807) is 6.07 Å². The number of nitrogens with one attached hydrogen (secondary N) is 1. The Labute approximate surface area is 151 Å². The van der Waals surface area contributed by atoms with Crippen molar-refractivity contribution in [1.82, 2.24) is 20.2 Å². The van der Waals surface area contributed by atoms with Crippen molar-refractivity contribution in [2.45, 2.75) is 17.0 Å². The summed E-state index contributed by atoms with van der Waals surface area (Å²) in [4.78, 5) is 20.3. The van der Waals surface area contributed by atoms with Gasteiger partial charge in [0.25, 0.3) is 5.69 Å². The zero-order valence-corrected chi connectivity index (χ0v) is 14.5. The topological polar surface area (TPSA) is 107 Å². The summed E-state index contributed by atoms with van der Waals surface area (Å²) in [7, 11) is 0. The molecule has 2 aromatic carbocycles. The SMILES string of the molecule is CCOc1ccc2nc3cc([N+](=O)[O-])ccc3c(Sc3ncn[nH]3)c2c1. The number of H-pyrrole nitrogens is 1. The quantitative estimate of drug-likeness (QED) is 0.323. The number of nitro groups is 1. The van der Waals surface area contributed by atoms with Crippen LogP contribution in [-0.2, 0) is 0 Å². The second kappa shape index (κ2) is 6.60. The minimum Gasteiger partial charge on any atom is -0.494 e. The van der Waals surface area contributed by atoms with Gasteiger partial charge in [-0.25, -0.2) is 9.97 Å². The minimum atomic E-state index is -0.424. The van der Waals surface area contributed by atoms with E-state index < -0.39 is 4.92 Å². The van der Waals surface area contributed by atoms with Crippen LogP contribution in [0.4, 0.5) is 5.69 Å². The predicted octanol–water partition coefficient (Wildman–Crippen LogP) is 3.96. The maximum Gasteiger partial charge on any atom is 0.271 e. The van der Waals surface area contributed by atoms with Gasteiger partial charge >= 0.3 is 0 Å². The largest absolute Gasteiger partial charge is 0.494 e. The number of fused-ring (bicyclic) bond motifs is 2. The molecule has 0 radical (unpaired) electrons. The van der Waals surface area contributed by atoms with Crippen LogP contribution in [0.15, 0.2) is 52.8 Å². The fraction of sp³-hybridized carbons (Fsp3) is 0.118. The maximum atomic E-state index is 11.1. The highest BCUT2D eigenvalue weighted by Crippen LogP contribution is 2.39. The number of benzene rings is 2. The first-order valence-corrected chi connectivity index (χ1v) is 8.65. The summed E-state index contributed by atoms with van der Waals surface area (Å²) >= 11 is 1.40. The lowest BCUT2D eigenvalue weighted by Gasteiger charge is -2.11. The zero-order chi connectivity index (χ0) is 18.1. The fourth-order valence-corrected chi connectivity index (χ4v) is 3.64. The summed E-state index contributed by atoms with van der Waals surface area (Å²) in [6, 6.07) is 10.3. The van der Waals surface area contributed by atoms with Gasteiger partial charge in [-0.1, -0.05) is 0 Å². The highest BCUT2D eigenvalue weighted by atomic mass is 32.2. The van der Waals surface area contributed by atoms with Crippen molar-refractivity contribution in [3.8, 4) is 5.75 Å². The molecule has 0 aliphatic rings. The number of hydrogen-bond donors (Lipinski definition) is 1. The van der Waals surface area contributed by atoms with Crippen LogP contribution in [-0.4, -0.2) is 31.7 Å². The summed E-state index contributed by atoms with van der Waals surface area (Å²) in [6.45, 7) is 2.48. The molecule has 0 bridgehead atoms. The van der Waals surface area contributed by atoms with E-state index in [9.17, 15) is 10.1 Å². The van der Waals surface area contributed by atoms with Gasteiger partial charge in [-0.3, -0.25) is 15.2 Å². The summed E-state index contributed by atoms with van der Waals surface area (Å²) in [6.07, 6.45) is 1.43. The van der Waals surface area contributed by atoms with Gasteiger partial charge in [-0.2, -0.15) is 5.10 Å². The van der Waals surface area contributed by atoms with Crippen LogP contribution in [0, 0.1) is 10.1 Å². The lowest BCUT2D eigenvalue weighted by Crippen LogP contribution is -1.94. The Kier molecular flexibility index (Phi) is 4.13. The van der Waals surface area contributed by atoms with E-state index in [0.29, 0.717) is 17.3 Å². The normalized spacial score (nSPS) is 11.1. The van der Waals surface area contributed by atoms with Crippen molar-refractivity contribution in [2.24, 2.45) is 0 Å². The molecule has 0 atom stereocenters. The maximum absolute atomic E-state index is 11.1. The van der Waals surface area contributed by atoms with Crippen molar-refractivity contribution >= 4 is 39.3 Å². The van der Waals surface area contributed by atoms with Crippen LogP contribution in [0.3, 0.4) is 0 Å². The second-order valence-electron chi connectivity index (χ2n) is 5.40. The van der Waals surface area contributed by atoms with Crippen molar-refractivity contribution in [1.29, 1.82) is 0 Å². The molecule has 0 amide bonds. The smallest absolute Gasteiger partial charge is 0.271 e. The van der Waals surface area contributed by atoms with E-state index in [-0.39, 0.29) is 5.69 Å². The molecule has 0 unspecified atom stereocenters. The number of hydrogen-bond acceptors (Lipinski definition) is 7. The highest BCUT2D eigenvalue weighted by Gasteiger charge is 2.16. The van der Waals surface area contributed by atoms with Crippen LogP contribution in [0.1, 0.15) is 6.92 Å². The first-order valence-electron chi connectivity index (χ1n) is 7.83. The average Bonchev–Trinajstić information content (AvgIpc) is 3.15. The molecule has 0 aliphatic carbocycles. The first kappa shape index (κ1) is 16.3. The van der Waals surface area contributed by atoms with Gasteiger partial charge in [-0.15, -0.1) is 0 Å². The third-order valence-corrected chi connectivity index (χ3v) is 4.83. The minimum absolute atomic E-state index is 0.00546. The monoisotopic (exact) mass is 367 g/mol. The molecule has 130 valence electrons. The molecule has 0 saturated heterocycles. The first-order chi connectivity index (χ1) is 12.7. The lowest BCUT2D eigenvalue weighted by atomic mass is 10.1. The number of pyridine rings is 1. The van der Waals surface area contributed by atoms with Crippen LogP contribution < -0.4 is 4.74 Å². The summed E-state index contributed by atoms with van der Waals surface area (Å²) in [5.41, 5.74) is 1.28. The Balaban J connectivity index is 2.00. The van der Waals surface area contributed by atoms with Crippen LogP contribution >= 0.6 is 11.8 Å². The van der Waals surface area contributed by atoms with E-state index in [2.05, 4.69) is 20.2 Å². The molecule has 0 aliphatic heterocycles. The molecule has 0 fully saturated rings. The van der Waals surface area contributed by atoms with E-state index in [4.69, 9.17) is 4.74 Å². The Bertz CT molecular complexity index is 1110. The second-order valence-corrected chi connectivity index (χ2v) is 6.40. The number of aromatic amines is 1. The Morgan fingerprint density at radius 1 is 1.19 bits per heavy atom. The lowest BCUT2D eigenvalue weighted by molar-refractivity contribution is -0.384. The Hall–Kier alpha value is -3.20. The number of aromatic nitrogens is 4. The van der Waals surface area contributed by atoms with E-state index in [0.717, 1.165) is 26.9 Å². The highest BCUT2D eigenvalue weighted by molar-refractivity contribution is 7.99. The molecular formula is C17H13N5O3S. The molecule has 0 saturated carbocycles. The van der Waals surface area contributed by atoms with Gasteiger partial charge in [0.2, 0.25) is 0 Å². The number of ether oxygens (including phenoxy) is 1. The molecule has 26 heavy (non-hydrogen) atoms. The van der Waals surface area contributed by atoms with Gasteiger partial charge in [0.05, 0.1) is 22.6 Å².